The minimum absolute atomic E-state index is 0.0328. The number of aliphatic hydroxyl groups is 1. The van der Waals surface area contributed by atoms with Crippen LogP contribution in [0.25, 0.3) is 5.57 Å². The van der Waals surface area contributed by atoms with Crippen LogP contribution in [0.2, 0.25) is 0 Å². The zero-order valence-corrected chi connectivity index (χ0v) is 15.8. The Balaban J connectivity index is 1.61. The summed E-state index contributed by atoms with van der Waals surface area (Å²) in [5.74, 6) is -6.35. The second kappa shape index (κ2) is 6.78. The number of halogens is 5. The first-order valence-electron chi connectivity index (χ1n) is 9.59. The monoisotopic (exact) mass is 417 g/mol. The van der Waals surface area contributed by atoms with Gasteiger partial charge in [-0.1, -0.05) is 0 Å². The number of allylic oxidation sites excluding steroid dienone is 1. The first-order valence-corrected chi connectivity index (χ1v) is 9.59. The molecule has 0 aliphatic heterocycles. The van der Waals surface area contributed by atoms with E-state index in [1.165, 1.54) is 7.85 Å². The summed E-state index contributed by atoms with van der Waals surface area (Å²) in [6.45, 7) is 0. The van der Waals surface area contributed by atoms with Crippen LogP contribution in [0.4, 0.5) is 33.8 Å². The van der Waals surface area contributed by atoms with Gasteiger partial charge < -0.3 is 15.7 Å². The summed E-state index contributed by atoms with van der Waals surface area (Å²) in [4.78, 5) is 12.4. The molecule has 0 bridgehead atoms. The van der Waals surface area contributed by atoms with E-state index < -0.39 is 35.3 Å². The van der Waals surface area contributed by atoms with Crippen molar-refractivity contribution in [1.82, 2.24) is 15.0 Å². The lowest BCUT2D eigenvalue weighted by Gasteiger charge is -2.36. The second-order valence-electron chi connectivity index (χ2n) is 8.44. The molecule has 0 saturated heterocycles. The highest BCUT2D eigenvalue weighted by Gasteiger charge is 2.47. The molecule has 158 valence electrons. The molecule has 4 rings (SSSR count). The number of rotatable bonds is 5. The van der Waals surface area contributed by atoms with Gasteiger partial charge in [-0.15, -0.1) is 0 Å². The summed E-state index contributed by atoms with van der Waals surface area (Å²) < 4.78 is 67.2. The first kappa shape index (κ1) is 20.3. The molecule has 1 aromatic heterocycles. The van der Waals surface area contributed by atoms with E-state index in [1.807, 2.05) is 0 Å². The lowest BCUT2D eigenvalue weighted by atomic mass is 9.71. The van der Waals surface area contributed by atoms with Crippen molar-refractivity contribution in [2.24, 2.45) is 0 Å². The van der Waals surface area contributed by atoms with Gasteiger partial charge in [-0.3, -0.25) is 0 Å². The van der Waals surface area contributed by atoms with Crippen LogP contribution in [0.15, 0.2) is 5.83 Å². The van der Waals surface area contributed by atoms with E-state index in [0.717, 1.165) is 0 Å². The minimum Gasteiger partial charge on any atom is -0.392 e. The lowest BCUT2D eigenvalue weighted by molar-refractivity contribution is -0.0799. The second-order valence-corrected chi connectivity index (χ2v) is 8.44. The third-order valence-electron chi connectivity index (χ3n) is 5.58. The van der Waals surface area contributed by atoms with Crippen molar-refractivity contribution in [2.45, 2.75) is 74.4 Å². The van der Waals surface area contributed by atoms with Crippen LogP contribution in [0, 0.1) is 0 Å². The molecule has 2 fully saturated rings. The Morgan fingerprint density at radius 2 is 1.38 bits per heavy atom. The number of aromatic nitrogens is 3. The third-order valence-corrected chi connectivity index (χ3v) is 5.58. The fourth-order valence-electron chi connectivity index (χ4n) is 3.90. The third kappa shape index (κ3) is 4.31. The van der Waals surface area contributed by atoms with Crippen molar-refractivity contribution < 1.29 is 27.1 Å². The van der Waals surface area contributed by atoms with Crippen LogP contribution in [-0.2, 0) is 0 Å². The molecular weight excluding hydrogens is 396 g/mol. The van der Waals surface area contributed by atoms with Gasteiger partial charge in [-0.2, -0.15) is 15.0 Å². The Morgan fingerprint density at radius 3 is 1.83 bits per heavy atom. The zero-order chi connectivity index (χ0) is 21.0. The fraction of sp³-hybridized carbons (Fsp3) is 0.706. The van der Waals surface area contributed by atoms with Crippen LogP contribution in [0.5, 0.6) is 0 Å². The molecule has 2 saturated carbocycles. The highest BCUT2D eigenvalue weighted by atomic mass is 19.3. The number of nitrogens with one attached hydrogen (secondary N) is 2. The number of alkyl halides is 4. The quantitative estimate of drug-likeness (QED) is 0.505. The van der Waals surface area contributed by atoms with Gasteiger partial charge in [0.2, 0.25) is 11.9 Å². The van der Waals surface area contributed by atoms with Gasteiger partial charge >= 0.3 is 0 Å². The smallest absolute Gasteiger partial charge is 0.252 e. The largest absolute Gasteiger partial charge is 0.392 e. The lowest BCUT2D eigenvalue weighted by Crippen LogP contribution is -2.45. The summed E-state index contributed by atoms with van der Waals surface area (Å²) in [7, 11) is 1.36. The molecule has 12 heteroatoms. The zero-order valence-electron chi connectivity index (χ0n) is 15.8. The molecule has 3 aliphatic rings. The molecule has 1 unspecified atom stereocenters. The Hall–Kier alpha value is -1.98. The maximum Gasteiger partial charge on any atom is 0.252 e. The van der Waals surface area contributed by atoms with E-state index >= 15 is 0 Å². The average molecular weight is 417 g/mol. The predicted molar refractivity (Wildman–Crippen MR) is 98.4 cm³/mol. The highest BCUT2D eigenvalue weighted by molar-refractivity contribution is 6.17. The van der Waals surface area contributed by atoms with Gasteiger partial charge in [0.1, 0.15) is 5.83 Å². The standard InChI is InChI=1S/C17H21BF5N5O/c18-17(29)3-1-2-10(11(17)19)12-26-13(24-8-4-15(20,21)5-8)28-14(27-12)25-9-6-16(22,23)7-9/h8-9,29H,1-7,18H2,(H2,24,25,26,27,28). The topological polar surface area (TPSA) is 83.0 Å². The van der Waals surface area contributed by atoms with Gasteiger partial charge in [-0.05, 0) is 19.3 Å². The SMILES string of the molecule is BC1(O)CCCC(c2nc(NC3CC(F)(F)C3)nc(NC3CC(F)(F)C3)n2)=C1F. The Labute approximate surface area is 164 Å². The normalized spacial score (nSPS) is 29.2. The molecule has 1 aromatic rings. The molecule has 1 atom stereocenters. The minimum atomic E-state index is -2.75. The fourth-order valence-corrected chi connectivity index (χ4v) is 3.90. The van der Waals surface area contributed by atoms with Gasteiger partial charge in [0.15, 0.2) is 13.7 Å². The van der Waals surface area contributed by atoms with E-state index in [9.17, 15) is 27.1 Å². The number of hydrogen-bond donors (Lipinski definition) is 3. The van der Waals surface area contributed by atoms with Gasteiger partial charge in [-0.25, -0.2) is 22.0 Å². The summed E-state index contributed by atoms with van der Waals surface area (Å²) in [6.07, 6.45) is -0.466. The van der Waals surface area contributed by atoms with Crippen molar-refractivity contribution >= 4 is 25.3 Å². The molecule has 3 aliphatic carbocycles. The van der Waals surface area contributed by atoms with Gasteiger partial charge in [0.05, 0.1) is 5.50 Å². The molecule has 0 spiro atoms. The van der Waals surface area contributed by atoms with Crippen molar-refractivity contribution in [3.8, 4) is 0 Å². The van der Waals surface area contributed by atoms with E-state index in [4.69, 9.17) is 0 Å². The molecule has 1 heterocycles. The van der Waals surface area contributed by atoms with E-state index in [-0.39, 0.29) is 61.8 Å². The van der Waals surface area contributed by atoms with Crippen LogP contribution in [0.1, 0.15) is 50.8 Å². The molecule has 29 heavy (non-hydrogen) atoms. The Bertz CT molecular complexity index is 789. The maximum atomic E-state index is 14.7. The van der Waals surface area contributed by atoms with E-state index in [2.05, 4.69) is 25.6 Å². The first-order chi connectivity index (χ1) is 13.4. The number of nitrogens with zero attached hydrogens (tertiary/aromatic N) is 3. The summed E-state index contributed by atoms with van der Waals surface area (Å²) >= 11 is 0. The summed E-state index contributed by atoms with van der Waals surface area (Å²) in [5, 5.41) is 15.8. The van der Waals surface area contributed by atoms with Crippen molar-refractivity contribution in [2.75, 3.05) is 10.6 Å². The summed E-state index contributed by atoms with van der Waals surface area (Å²) in [5.41, 5.74) is -1.54. The molecular formula is C17H21BF5N5O. The predicted octanol–water partition coefficient (Wildman–Crippen LogP) is 2.48. The Morgan fingerprint density at radius 1 is 0.897 bits per heavy atom. The van der Waals surface area contributed by atoms with E-state index in [1.54, 1.807) is 0 Å². The van der Waals surface area contributed by atoms with Crippen LogP contribution < -0.4 is 10.6 Å². The molecule has 0 radical (unpaired) electrons. The molecule has 0 aromatic carbocycles. The molecule has 3 N–H and O–H groups in total. The van der Waals surface area contributed by atoms with Crippen molar-refractivity contribution in [3.63, 3.8) is 0 Å². The van der Waals surface area contributed by atoms with Crippen molar-refractivity contribution in [1.29, 1.82) is 0 Å². The summed E-state index contributed by atoms with van der Waals surface area (Å²) in [6, 6.07) is -1.09. The Kier molecular flexibility index (Phi) is 4.75. The van der Waals surface area contributed by atoms with Crippen LogP contribution in [-0.4, -0.2) is 57.3 Å². The maximum absolute atomic E-state index is 14.7. The molecule has 0 amide bonds. The van der Waals surface area contributed by atoms with Crippen LogP contribution >= 0.6 is 0 Å². The van der Waals surface area contributed by atoms with Crippen molar-refractivity contribution in [3.05, 3.63) is 11.7 Å². The average Bonchev–Trinajstić information content (AvgIpc) is 2.54. The van der Waals surface area contributed by atoms with Gasteiger partial charge in [0, 0.05) is 43.3 Å². The highest BCUT2D eigenvalue weighted by Crippen LogP contribution is 2.41. The van der Waals surface area contributed by atoms with E-state index in [0.29, 0.717) is 6.42 Å². The van der Waals surface area contributed by atoms with Crippen LogP contribution in [0.3, 0.4) is 0 Å². The molecule has 6 nitrogen and oxygen atoms in total. The number of anilines is 2. The number of hydrogen-bond acceptors (Lipinski definition) is 6. The van der Waals surface area contributed by atoms with Gasteiger partial charge in [0.25, 0.3) is 11.8 Å².